The number of hydrogen-bond acceptors (Lipinski definition) is 4. The van der Waals surface area contributed by atoms with E-state index in [9.17, 15) is 13.9 Å². The Morgan fingerprint density at radius 2 is 2.00 bits per heavy atom. The SMILES string of the molecule is CCN(Cc1cccc(OC)c1OC(F)F)CC(C)(C)O. The van der Waals surface area contributed by atoms with Crippen LogP contribution in [0.4, 0.5) is 8.78 Å². The molecule has 0 atom stereocenters. The van der Waals surface area contributed by atoms with Gasteiger partial charge in [-0.1, -0.05) is 19.1 Å². The molecule has 0 fully saturated rings. The Balaban J connectivity index is 3.00. The van der Waals surface area contributed by atoms with Crippen molar-refractivity contribution in [2.75, 3.05) is 20.2 Å². The molecule has 0 amide bonds. The monoisotopic (exact) mass is 303 g/mol. The first kappa shape index (κ1) is 17.7. The third kappa shape index (κ3) is 5.85. The molecule has 0 unspecified atom stereocenters. The Bertz CT molecular complexity index is 447. The van der Waals surface area contributed by atoms with E-state index in [1.54, 1.807) is 32.0 Å². The summed E-state index contributed by atoms with van der Waals surface area (Å²) in [7, 11) is 1.41. The molecule has 0 saturated heterocycles. The minimum atomic E-state index is -2.91. The summed E-state index contributed by atoms with van der Waals surface area (Å²) in [5, 5.41) is 9.90. The highest BCUT2D eigenvalue weighted by Gasteiger charge is 2.21. The average molecular weight is 303 g/mol. The van der Waals surface area contributed by atoms with Gasteiger partial charge in [0.2, 0.25) is 0 Å². The van der Waals surface area contributed by atoms with Gasteiger partial charge < -0.3 is 14.6 Å². The van der Waals surface area contributed by atoms with Gasteiger partial charge in [0, 0.05) is 18.7 Å². The second kappa shape index (κ2) is 7.56. The highest BCUT2D eigenvalue weighted by molar-refractivity contribution is 5.46. The lowest BCUT2D eigenvalue weighted by Crippen LogP contribution is -2.38. The molecular weight excluding hydrogens is 280 g/mol. The number of para-hydroxylation sites is 1. The summed E-state index contributed by atoms with van der Waals surface area (Å²) in [5.74, 6) is 0.316. The van der Waals surface area contributed by atoms with Crippen LogP contribution in [0.2, 0.25) is 0 Å². The molecule has 120 valence electrons. The van der Waals surface area contributed by atoms with E-state index in [1.165, 1.54) is 7.11 Å². The Labute approximate surface area is 124 Å². The van der Waals surface area contributed by atoms with Gasteiger partial charge >= 0.3 is 6.61 Å². The highest BCUT2D eigenvalue weighted by atomic mass is 19.3. The molecule has 1 rings (SSSR count). The molecule has 4 nitrogen and oxygen atoms in total. The third-order valence-corrected chi connectivity index (χ3v) is 2.94. The normalized spacial score (nSPS) is 12.0. The Morgan fingerprint density at radius 3 is 2.48 bits per heavy atom. The molecule has 0 saturated carbocycles. The van der Waals surface area contributed by atoms with Gasteiger partial charge in [0.25, 0.3) is 0 Å². The van der Waals surface area contributed by atoms with Crippen LogP contribution in [0.3, 0.4) is 0 Å². The van der Waals surface area contributed by atoms with Gasteiger partial charge in [0.15, 0.2) is 11.5 Å². The zero-order chi connectivity index (χ0) is 16.0. The maximum Gasteiger partial charge on any atom is 0.387 e. The number of likely N-dealkylation sites (N-methyl/N-ethyl adjacent to an activating group) is 1. The highest BCUT2D eigenvalue weighted by Crippen LogP contribution is 2.33. The predicted octanol–water partition coefficient (Wildman–Crippen LogP) is 2.89. The average Bonchev–Trinajstić information content (AvgIpc) is 2.37. The number of hydrogen-bond donors (Lipinski definition) is 1. The lowest BCUT2D eigenvalue weighted by Gasteiger charge is -2.28. The summed E-state index contributed by atoms with van der Waals surface area (Å²) in [6.07, 6.45) is 0. The molecule has 1 aromatic rings. The zero-order valence-corrected chi connectivity index (χ0v) is 12.9. The number of halogens is 2. The van der Waals surface area contributed by atoms with Crippen LogP contribution in [-0.4, -0.2) is 42.4 Å². The molecule has 0 aliphatic rings. The van der Waals surface area contributed by atoms with Gasteiger partial charge in [-0.3, -0.25) is 4.90 Å². The molecule has 0 radical (unpaired) electrons. The molecule has 21 heavy (non-hydrogen) atoms. The second-order valence-corrected chi connectivity index (χ2v) is 5.44. The van der Waals surface area contributed by atoms with E-state index in [1.807, 2.05) is 11.8 Å². The van der Waals surface area contributed by atoms with Crippen LogP contribution >= 0.6 is 0 Å². The molecule has 0 aliphatic carbocycles. The van der Waals surface area contributed by atoms with Crippen molar-refractivity contribution in [3.05, 3.63) is 23.8 Å². The van der Waals surface area contributed by atoms with Crippen LogP contribution in [0.1, 0.15) is 26.3 Å². The van der Waals surface area contributed by atoms with Crippen LogP contribution in [0, 0.1) is 0 Å². The molecule has 6 heteroatoms. The molecule has 0 bridgehead atoms. The summed E-state index contributed by atoms with van der Waals surface area (Å²) >= 11 is 0. The lowest BCUT2D eigenvalue weighted by atomic mass is 10.1. The predicted molar refractivity (Wildman–Crippen MR) is 76.9 cm³/mol. The summed E-state index contributed by atoms with van der Waals surface area (Å²) in [6.45, 7) is 3.93. The number of rotatable bonds is 8. The van der Waals surface area contributed by atoms with Crippen molar-refractivity contribution in [1.82, 2.24) is 4.90 Å². The van der Waals surface area contributed by atoms with Crippen LogP contribution < -0.4 is 9.47 Å². The summed E-state index contributed by atoms with van der Waals surface area (Å²) in [4.78, 5) is 1.95. The minimum Gasteiger partial charge on any atom is -0.493 e. The van der Waals surface area contributed by atoms with Gasteiger partial charge in [-0.2, -0.15) is 8.78 Å². The maximum atomic E-state index is 12.6. The minimum absolute atomic E-state index is 0.0456. The van der Waals surface area contributed by atoms with Gasteiger partial charge in [0.05, 0.1) is 12.7 Å². The fourth-order valence-corrected chi connectivity index (χ4v) is 2.14. The number of ether oxygens (including phenoxy) is 2. The smallest absolute Gasteiger partial charge is 0.387 e. The maximum absolute atomic E-state index is 12.6. The number of alkyl halides is 2. The van der Waals surface area contributed by atoms with E-state index in [-0.39, 0.29) is 11.5 Å². The van der Waals surface area contributed by atoms with Crippen LogP contribution in [-0.2, 0) is 6.54 Å². The molecule has 1 aromatic carbocycles. The third-order valence-electron chi connectivity index (χ3n) is 2.94. The van der Waals surface area contributed by atoms with E-state index >= 15 is 0 Å². The zero-order valence-electron chi connectivity index (χ0n) is 12.9. The van der Waals surface area contributed by atoms with Crippen molar-refractivity contribution >= 4 is 0 Å². The Kier molecular flexibility index (Phi) is 6.36. The molecular formula is C15H23F2NO3. The fraction of sp³-hybridized carbons (Fsp3) is 0.600. The Morgan fingerprint density at radius 1 is 1.33 bits per heavy atom. The van der Waals surface area contributed by atoms with E-state index in [2.05, 4.69) is 4.74 Å². The molecule has 0 aromatic heterocycles. The van der Waals surface area contributed by atoms with Crippen molar-refractivity contribution in [1.29, 1.82) is 0 Å². The van der Waals surface area contributed by atoms with Gasteiger partial charge in [-0.15, -0.1) is 0 Å². The molecule has 1 N–H and O–H groups in total. The molecule has 0 heterocycles. The summed E-state index contributed by atoms with van der Waals surface area (Å²) in [6, 6.07) is 5.02. The van der Waals surface area contributed by atoms with Crippen molar-refractivity contribution < 1.29 is 23.4 Å². The van der Waals surface area contributed by atoms with Crippen molar-refractivity contribution in [2.24, 2.45) is 0 Å². The second-order valence-electron chi connectivity index (χ2n) is 5.44. The van der Waals surface area contributed by atoms with Gasteiger partial charge in [-0.05, 0) is 26.5 Å². The number of aliphatic hydroxyl groups is 1. The van der Waals surface area contributed by atoms with Gasteiger partial charge in [-0.25, -0.2) is 0 Å². The lowest BCUT2D eigenvalue weighted by molar-refractivity contribution is -0.0524. The van der Waals surface area contributed by atoms with E-state index in [0.717, 1.165) is 0 Å². The number of methoxy groups -OCH3 is 1. The van der Waals surface area contributed by atoms with E-state index in [4.69, 9.17) is 4.74 Å². The van der Waals surface area contributed by atoms with Crippen LogP contribution in [0.25, 0.3) is 0 Å². The Hall–Kier alpha value is -1.40. The number of nitrogens with zero attached hydrogens (tertiary/aromatic N) is 1. The molecule has 0 spiro atoms. The summed E-state index contributed by atoms with van der Waals surface area (Å²) in [5.41, 5.74) is -0.265. The van der Waals surface area contributed by atoms with Crippen LogP contribution in [0.5, 0.6) is 11.5 Å². The van der Waals surface area contributed by atoms with Crippen molar-refractivity contribution in [3.8, 4) is 11.5 Å². The fourth-order valence-electron chi connectivity index (χ4n) is 2.14. The summed E-state index contributed by atoms with van der Waals surface area (Å²) < 4.78 is 34.8. The van der Waals surface area contributed by atoms with Crippen LogP contribution in [0.15, 0.2) is 18.2 Å². The largest absolute Gasteiger partial charge is 0.493 e. The first-order valence-corrected chi connectivity index (χ1v) is 6.82. The van der Waals surface area contributed by atoms with E-state index in [0.29, 0.717) is 25.2 Å². The first-order valence-electron chi connectivity index (χ1n) is 6.82. The van der Waals surface area contributed by atoms with Crippen molar-refractivity contribution in [2.45, 2.75) is 39.5 Å². The molecule has 0 aliphatic heterocycles. The van der Waals surface area contributed by atoms with E-state index < -0.39 is 12.2 Å². The quantitative estimate of drug-likeness (QED) is 0.802. The first-order chi connectivity index (χ1) is 9.76. The number of benzene rings is 1. The standard InChI is InChI=1S/C15H23F2NO3/c1-5-18(10-15(2,3)19)9-11-7-6-8-12(20-4)13(11)21-14(16)17/h6-8,14,19H,5,9-10H2,1-4H3. The topological polar surface area (TPSA) is 41.9 Å². The van der Waals surface area contributed by atoms with Gasteiger partial charge in [0.1, 0.15) is 0 Å². The van der Waals surface area contributed by atoms with Crippen molar-refractivity contribution in [3.63, 3.8) is 0 Å².